The smallest absolute Gasteiger partial charge is 0.0839 e. The molecular formula is C19H26N6. The number of aromatic nitrogens is 5. The molecule has 0 aliphatic heterocycles. The molecule has 25 heavy (non-hydrogen) atoms. The van der Waals surface area contributed by atoms with E-state index in [0.717, 1.165) is 36.5 Å². The molecule has 2 heterocycles. The maximum absolute atomic E-state index is 4.42. The Bertz CT molecular complexity index is 782. The van der Waals surface area contributed by atoms with E-state index >= 15 is 0 Å². The summed E-state index contributed by atoms with van der Waals surface area (Å²) in [5.41, 5.74) is 3.47. The van der Waals surface area contributed by atoms with Crippen LogP contribution in [0, 0.1) is 5.41 Å². The average molecular weight is 338 g/mol. The van der Waals surface area contributed by atoms with E-state index in [4.69, 9.17) is 0 Å². The molecule has 1 aromatic carbocycles. The van der Waals surface area contributed by atoms with Crippen molar-refractivity contribution in [1.29, 1.82) is 0 Å². The second-order valence-corrected chi connectivity index (χ2v) is 7.52. The van der Waals surface area contributed by atoms with Crippen molar-refractivity contribution in [1.82, 2.24) is 30.1 Å². The van der Waals surface area contributed by atoms with Gasteiger partial charge in [0.25, 0.3) is 0 Å². The van der Waals surface area contributed by atoms with Crippen LogP contribution < -0.4 is 5.32 Å². The largest absolute Gasteiger partial charge is 0.316 e. The molecule has 0 amide bonds. The number of nitrogens with one attached hydrogen (secondary N) is 1. The first-order valence-corrected chi connectivity index (χ1v) is 8.68. The number of nitrogens with zero attached hydrogens (tertiary/aromatic N) is 5. The van der Waals surface area contributed by atoms with E-state index in [2.05, 4.69) is 41.5 Å². The van der Waals surface area contributed by atoms with E-state index in [1.165, 1.54) is 0 Å². The topological polar surface area (TPSA) is 60.6 Å². The van der Waals surface area contributed by atoms with Crippen LogP contribution in [0.4, 0.5) is 0 Å². The Balaban J connectivity index is 1.53. The van der Waals surface area contributed by atoms with E-state index in [0.29, 0.717) is 12.0 Å². The molecule has 3 rings (SSSR count). The molecule has 0 saturated carbocycles. The minimum atomic E-state index is 0.302. The van der Waals surface area contributed by atoms with Gasteiger partial charge in [0.2, 0.25) is 0 Å². The van der Waals surface area contributed by atoms with Crippen LogP contribution in [-0.4, -0.2) is 37.9 Å². The quantitative estimate of drug-likeness (QED) is 0.673. The van der Waals surface area contributed by atoms with Gasteiger partial charge in [-0.25, -0.2) is 9.36 Å². The molecule has 0 spiro atoms. The van der Waals surface area contributed by atoms with Gasteiger partial charge in [-0.3, -0.25) is 0 Å². The standard InChI is InChI=1S/C19H26N6/c1-19(2,3)15-20-10-9-17-14-24(23-22-17)12-16-11-21-25(13-16)18-7-5-4-6-8-18/h4-8,11,13-14,20H,9-10,12,15H2,1-3H3. The van der Waals surface area contributed by atoms with Gasteiger partial charge >= 0.3 is 0 Å². The summed E-state index contributed by atoms with van der Waals surface area (Å²) < 4.78 is 3.75. The minimum absolute atomic E-state index is 0.302. The first kappa shape index (κ1) is 17.4. The number of rotatable bonds is 7. The first-order valence-electron chi connectivity index (χ1n) is 8.68. The lowest BCUT2D eigenvalue weighted by atomic mass is 9.97. The summed E-state index contributed by atoms with van der Waals surface area (Å²) in [6, 6.07) is 10.1. The maximum Gasteiger partial charge on any atom is 0.0839 e. The fraction of sp³-hybridized carbons (Fsp3) is 0.421. The molecule has 0 bridgehead atoms. The fourth-order valence-electron chi connectivity index (χ4n) is 2.56. The third kappa shape index (κ3) is 5.26. The zero-order valence-corrected chi connectivity index (χ0v) is 15.2. The van der Waals surface area contributed by atoms with Gasteiger partial charge in [0.15, 0.2) is 0 Å². The van der Waals surface area contributed by atoms with Crippen molar-refractivity contribution in [3.8, 4) is 5.69 Å². The summed E-state index contributed by atoms with van der Waals surface area (Å²) in [4.78, 5) is 0. The Labute approximate surface area is 148 Å². The third-order valence-corrected chi connectivity index (χ3v) is 3.80. The minimum Gasteiger partial charge on any atom is -0.316 e. The molecule has 0 saturated heterocycles. The fourth-order valence-corrected chi connectivity index (χ4v) is 2.56. The number of hydrogen-bond acceptors (Lipinski definition) is 4. The second kappa shape index (κ2) is 7.61. The number of benzene rings is 1. The Morgan fingerprint density at radius 2 is 1.88 bits per heavy atom. The SMILES string of the molecule is CC(C)(C)CNCCc1cn(Cc2cnn(-c3ccccc3)c2)nn1. The van der Waals surface area contributed by atoms with E-state index in [-0.39, 0.29) is 0 Å². The van der Waals surface area contributed by atoms with E-state index < -0.39 is 0 Å². The van der Waals surface area contributed by atoms with Crippen LogP contribution in [0.15, 0.2) is 48.9 Å². The molecule has 6 heteroatoms. The third-order valence-electron chi connectivity index (χ3n) is 3.80. The van der Waals surface area contributed by atoms with Gasteiger partial charge in [0.05, 0.1) is 24.1 Å². The molecule has 0 aliphatic rings. The predicted molar refractivity (Wildman–Crippen MR) is 98.7 cm³/mol. The van der Waals surface area contributed by atoms with E-state index in [1.807, 2.05) is 58.3 Å². The lowest BCUT2D eigenvalue weighted by molar-refractivity contribution is 0.381. The van der Waals surface area contributed by atoms with Crippen molar-refractivity contribution in [2.75, 3.05) is 13.1 Å². The molecule has 6 nitrogen and oxygen atoms in total. The average Bonchev–Trinajstić information content (AvgIpc) is 3.22. The lowest BCUT2D eigenvalue weighted by Gasteiger charge is -2.18. The highest BCUT2D eigenvalue weighted by molar-refractivity contribution is 5.30. The second-order valence-electron chi connectivity index (χ2n) is 7.52. The van der Waals surface area contributed by atoms with Crippen LogP contribution in [-0.2, 0) is 13.0 Å². The molecule has 0 unspecified atom stereocenters. The normalized spacial score (nSPS) is 11.8. The molecular weight excluding hydrogens is 312 g/mol. The van der Waals surface area contributed by atoms with Crippen LogP contribution in [0.2, 0.25) is 0 Å². The number of para-hydroxylation sites is 1. The summed E-state index contributed by atoms with van der Waals surface area (Å²) in [7, 11) is 0. The van der Waals surface area contributed by atoms with Gasteiger partial charge in [0.1, 0.15) is 0 Å². The van der Waals surface area contributed by atoms with Gasteiger partial charge in [-0.1, -0.05) is 44.2 Å². The molecule has 0 atom stereocenters. The Kier molecular flexibility index (Phi) is 5.28. The van der Waals surface area contributed by atoms with Crippen LogP contribution in [0.5, 0.6) is 0 Å². The highest BCUT2D eigenvalue weighted by Crippen LogP contribution is 2.10. The number of hydrogen-bond donors (Lipinski definition) is 1. The van der Waals surface area contributed by atoms with Crippen molar-refractivity contribution in [2.45, 2.75) is 33.7 Å². The van der Waals surface area contributed by atoms with Crippen LogP contribution in [0.1, 0.15) is 32.0 Å². The van der Waals surface area contributed by atoms with E-state index in [1.54, 1.807) is 0 Å². The van der Waals surface area contributed by atoms with Gasteiger partial charge in [-0.15, -0.1) is 5.10 Å². The van der Waals surface area contributed by atoms with Gasteiger partial charge in [0, 0.05) is 37.5 Å². The van der Waals surface area contributed by atoms with Gasteiger partial charge in [-0.05, 0) is 17.5 Å². The van der Waals surface area contributed by atoms with Crippen molar-refractivity contribution >= 4 is 0 Å². The molecule has 3 aromatic rings. The highest BCUT2D eigenvalue weighted by Gasteiger charge is 2.09. The Morgan fingerprint density at radius 1 is 1.08 bits per heavy atom. The highest BCUT2D eigenvalue weighted by atomic mass is 15.4. The zero-order valence-electron chi connectivity index (χ0n) is 15.2. The molecule has 132 valence electrons. The summed E-state index contributed by atoms with van der Waals surface area (Å²) in [6.45, 7) is 9.28. The molecule has 2 aromatic heterocycles. The summed E-state index contributed by atoms with van der Waals surface area (Å²) in [6.07, 6.45) is 6.80. The van der Waals surface area contributed by atoms with Crippen molar-refractivity contribution in [2.24, 2.45) is 5.41 Å². The van der Waals surface area contributed by atoms with Gasteiger partial charge < -0.3 is 5.32 Å². The van der Waals surface area contributed by atoms with Crippen LogP contribution in [0.25, 0.3) is 5.69 Å². The summed E-state index contributed by atoms with van der Waals surface area (Å²) in [5.74, 6) is 0. The van der Waals surface area contributed by atoms with Crippen LogP contribution >= 0.6 is 0 Å². The van der Waals surface area contributed by atoms with Crippen molar-refractivity contribution in [3.63, 3.8) is 0 Å². The predicted octanol–water partition coefficient (Wildman–Crippen LogP) is 2.69. The summed E-state index contributed by atoms with van der Waals surface area (Å²) >= 11 is 0. The zero-order chi connectivity index (χ0) is 17.7. The molecule has 0 aliphatic carbocycles. The Hall–Kier alpha value is -2.47. The first-order chi connectivity index (χ1) is 12.0. The summed E-state index contributed by atoms with van der Waals surface area (Å²) in [5, 5.41) is 16.4. The van der Waals surface area contributed by atoms with E-state index in [9.17, 15) is 0 Å². The molecule has 1 N–H and O–H groups in total. The van der Waals surface area contributed by atoms with Gasteiger partial charge in [-0.2, -0.15) is 5.10 Å². The Morgan fingerprint density at radius 3 is 2.64 bits per heavy atom. The lowest BCUT2D eigenvalue weighted by Crippen LogP contribution is -2.28. The van der Waals surface area contributed by atoms with Crippen LogP contribution in [0.3, 0.4) is 0 Å². The molecule has 0 fully saturated rings. The molecule has 0 radical (unpaired) electrons. The van der Waals surface area contributed by atoms with Crippen molar-refractivity contribution < 1.29 is 0 Å². The van der Waals surface area contributed by atoms with Crippen molar-refractivity contribution in [3.05, 3.63) is 60.2 Å². The maximum atomic E-state index is 4.42. The monoisotopic (exact) mass is 338 g/mol.